The van der Waals surface area contributed by atoms with Gasteiger partial charge in [0.2, 0.25) is 0 Å². The maximum Gasteiger partial charge on any atom is 0.419 e. The fraction of sp³-hybridized carbons (Fsp3) is 0.0714. The normalized spacial score (nSPS) is 12.4. The van der Waals surface area contributed by atoms with Crippen molar-refractivity contribution in [3.63, 3.8) is 0 Å². The van der Waals surface area contributed by atoms with Crippen molar-refractivity contribution in [2.75, 3.05) is 0 Å². The summed E-state index contributed by atoms with van der Waals surface area (Å²) >= 11 is 3.23. The zero-order valence-electron chi connectivity index (χ0n) is 10.8. The highest BCUT2D eigenvalue weighted by atomic mass is 79.9. The van der Waals surface area contributed by atoms with Gasteiger partial charge in [-0.15, -0.1) is 0 Å². The van der Waals surface area contributed by atoms with Crippen molar-refractivity contribution in [2.45, 2.75) is 6.18 Å². The van der Waals surface area contributed by atoms with Crippen LogP contribution in [0.25, 0.3) is 0 Å². The molecule has 0 heterocycles. The summed E-state index contributed by atoms with van der Waals surface area (Å²) in [6.07, 6.45) is -4.84. The first-order chi connectivity index (χ1) is 10.3. The number of nitrogens with one attached hydrogen (secondary N) is 1. The first kappa shape index (κ1) is 16.4. The molecule has 0 radical (unpaired) electrons. The molecule has 2 aromatic rings. The Balaban J connectivity index is 2.48. The largest absolute Gasteiger partial charge is 0.419 e. The maximum atomic E-state index is 13.3. The molecule has 22 heavy (non-hydrogen) atoms. The number of rotatable bonds is 2. The van der Waals surface area contributed by atoms with Gasteiger partial charge in [0.1, 0.15) is 5.82 Å². The van der Waals surface area contributed by atoms with Gasteiger partial charge >= 0.3 is 6.18 Å². The minimum absolute atomic E-state index is 0.101. The van der Waals surface area contributed by atoms with Gasteiger partial charge in [0, 0.05) is 10.0 Å². The monoisotopic (exact) mass is 376 g/mol. The molecule has 8 heteroatoms. The second-order valence-electron chi connectivity index (χ2n) is 4.24. The molecule has 0 saturated carbocycles. The third-order valence-electron chi connectivity index (χ3n) is 2.70. The number of halogens is 5. The zero-order chi connectivity index (χ0) is 16.3. The van der Waals surface area contributed by atoms with Crippen molar-refractivity contribution in [1.82, 2.24) is 5.48 Å². The van der Waals surface area contributed by atoms with Gasteiger partial charge in [-0.1, -0.05) is 22.0 Å². The Morgan fingerprint density at radius 2 is 1.86 bits per heavy atom. The van der Waals surface area contributed by atoms with E-state index in [1.54, 1.807) is 29.7 Å². The average molecular weight is 377 g/mol. The van der Waals surface area contributed by atoms with Crippen molar-refractivity contribution in [3.8, 4) is 0 Å². The minimum atomic E-state index is -4.84. The molecule has 2 rings (SSSR count). The lowest BCUT2D eigenvalue weighted by Gasteiger charge is -2.11. The molecule has 0 atom stereocenters. The summed E-state index contributed by atoms with van der Waals surface area (Å²) in [6.45, 7) is 0. The predicted molar refractivity (Wildman–Crippen MR) is 76.7 cm³/mol. The fourth-order valence-corrected chi connectivity index (χ4v) is 2.11. The van der Waals surface area contributed by atoms with Crippen LogP contribution < -0.4 is 5.48 Å². The Kier molecular flexibility index (Phi) is 4.82. The number of alkyl halides is 3. The van der Waals surface area contributed by atoms with Crippen molar-refractivity contribution < 1.29 is 22.8 Å². The van der Waals surface area contributed by atoms with Gasteiger partial charge in [-0.25, -0.2) is 9.38 Å². The summed E-state index contributed by atoms with van der Waals surface area (Å²) < 4.78 is 52.1. The molecule has 0 aromatic heterocycles. The zero-order valence-corrected chi connectivity index (χ0v) is 12.4. The van der Waals surface area contributed by atoms with Crippen molar-refractivity contribution in [1.29, 1.82) is 0 Å². The van der Waals surface area contributed by atoms with Crippen LogP contribution in [0.2, 0.25) is 0 Å². The summed E-state index contributed by atoms with van der Waals surface area (Å²) in [5.41, 5.74) is 0.592. The number of amidine groups is 1. The summed E-state index contributed by atoms with van der Waals surface area (Å²) in [4.78, 5) is 4.00. The maximum absolute atomic E-state index is 13.3. The van der Waals surface area contributed by atoms with Crippen molar-refractivity contribution in [2.24, 2.45) is 4.99 Å². The van der Waals surface area contributed by atoms with Crippen molar-refractivity contribution in [3.05, 3.63) is 63.9 Å². The molecule has 0 unspecified atom stereocenters. The number of hydrogen-bond acceptors (Lipinski definition) is 2. The van der Waals surface area contributed by atoms with Crippen LogP contribution in [0.1, 0.15) is 11.1 Å². The molecule has 3 nitrogen and oxygen atoms in total. The summed E-state index contributed by atoms with van der Waals surface area (Å²) in [6, 6.07) is 8.95. The van der Waals surface area contributed by atoms with E-state index in [-0.39, 0.29) is 11.4 Å². The molecular formula is C14H9BrF4N2O. The molecule has 0 spiro atoms. The van der Waals surface area contributed by atoms with Crippen LogP contribution in [0.4, 0.5) is 23.2 Å². The predicted octanol–water partition coefficient (Wildman–Crippen LogP) is 4.66. The third kappa shape index (κ3) is 3.83. The van der Waals surface area contributed by atoms with Gasteiger partial charge in [0.05, 0.1) is 11.3 Å². The summed E-state index contributed by atoms with van der Waals surface area (Å²) in [7, 11) is 0. The Hall–Kier alpha value is -1.93. The first-order valence-electron chi connectivity index (χ1n) is 5.93. The molecule has 0 saturated heterocycles. The SMILES string of the molecule is ONC(=Nc1cccc(Br)c1)c1ccc(F)c(C(F)(F)F)c1. The molecule has 0 fully saturated rings. The van der Waals surface area contributed by atoms with Crippen LogP contribution in [-0.2, 0) is 6.18 Å². The number of benzene rings is 2. The minimum Gasteiger partial charge on any atom is -0.290 e. The third-order valence-corrected chi connectivity index (χ3v) is 3.19. The highest BCUT2D eigenvalue weighted by Gasteiger charge is 2.34. The number of nitrogens with zero attached hydrogens (tertiary/aromatic N) is 1. The van der Waals surface area contributed by atoms with Crippen LogP contribution in [0.15, 0.2) is 51.9 Å². The molecule has 0 aliphatic carbocycles. The lowest BCUT2D eigenvalue weighted by molar-refractivity contribution is -0.140. The first-order valence-corrected chi connectivity index (χ1v) is 6.72. The molecule has 116 valence electrons. The molecule has 2 aromatic carbocycles. The molecule has 0 aliphatic heterocycles. The van der Waals surface area contributed by atoms with E-state index in [2.05, 4.69) is 20.9 Å². The van der Waals surface area contributed by atoms with Gasteiger partial charge < -0.3 is 0 Å². The second-order valence-corrected chi connectivity index (χ2v) is 5.16. The molecule has 2 N–H and O–H groups in total. The number of aliphatic imine (C=N–C) groups is 1. The van der Waals surface area contributed by atoms with Crippen LogP contribution in [0.5, 0.6) is 0 Å². The van der Waals surface area contributed by atoms with E-state index in [1.165, 1.54) is 0 Å². The van der Waals surface area contributed by atoms with E-state index in [1.807, 2.05) is 0 Å². The van der Waals surface area contributed by atoms with E-state index in [0.717, 1.165) is 6.07 Å². The van der Waals surface area contributed by atoms with Gasteiger partial charge in [-0.2, -0.15) is 13.2 Å². The van der Waals surface area contributed by atoms with E-state index in [0.29, 0.717) is 22.3 Å². The molecule has 0 bridgehead atoms. The van der Waals surface area contributed by atoms with Crippen molar-refractivity contribution >= 4 is 27.5 Å². The van der Waals surface area contributed by atoms with E-state index >= 15 is 0 Å². The Bertz CT molecular complexity index is 716. The van der Waals surface area contributed by atoms with Gasteiger partial charge in [0.15, 0.2) is 5.84 Å². The summed E-state index contributed by atoms with van der Waals surface area (Å²) in [5, 5.41) is 9.11. The Labute approximate surface area is 131 Å². The van der Waals surface area contributed by atoms with Crippen LogP contribution >= 0.6 is 15.9 Å². The Morgan fingerprint density at radius 3 is 2.45 bits per heavy atom. The quantitative estimate of drug-likeness (QED) is 0.346. The smallest absolute Gasteiger partial charge is 0.290 e. The van der Waals surface area contributed by atoms with E-state index < -0.39 is 17.6 Å². The Morgan fingerprint density at radius 1 is 1.14 bits per heavy atom. The second kappa shape index (κ2) is 6.45. The lowest BCUT2D eigenvalue weighted by Crippen LogP contribution is -2.21. The van der Waals surface area contributed by atoms with Gasteiger partial charge in [0.25, 0.3) is 0 Å². The highest BCUT2D eigenvalue weighted by Crippen LogP contribution is 2.32. The average Bonchev–Trinajstić information content (AvgIpc) is 2.44. The number of hydrogen-bond donors (Lipinski definition) is 2. The standard InChI is InChI=1S/C14H9BrF4N2O/c15-9-2-1-3-10(7-9)20-13(21-22)8-4-5-12(16)11(6-8)14(17,18)19/h1-7,22H,(H,20,21). The van der Waals surface area contributed by atoms with Crippen LogP contribution in [0, 0.1) is 5.82 Å². The topological polar surface area (TPSA) is 44.6 Å². The molecule has 0 aliphatic rings. The number of hydroxylamine groups is 1. The lowest BCUT2D eigenvalue weighted by atomic mass is 10.1. The van der Waals surface area contributed by atoms with E-state index in [4.69, 9.17) is 5.21 Å². The fourth-order valence-electron chi connectivity index (χ4n) is 1.72. The van der Waals surface area contributed by atoms with Gasteiger partial charge in [-0.3, -0.25) is 10.7 Å². The van der Waals surface area contributed by atoms with Crippen LogP contribution in [-0.4, -0.2) is 11.0 Å². The summed E-state index contributed by atoms with van der Waals surface area (Å²) in [5.74, 6) is -1.63. The molecular weight excluding hydrogens is 368 g/mol. The van der Waals surface area contributed by atoms with Crippen LogP contribution in [0.3, 0.4) is 0 Å². The van der Waals surface area contributed by atoms with Gasteiger partial charge in [-0.05, 0) is 36.4 Å². The highest BCUT2D eigenvalue weighted by molar-refractivity contribution is 9.10. The van der Waals surface area contributed by atoms with E-state index in [9.17, 15) is 17.6 Å². The molecule has 0 amide bonds.